The highest BCUT2D eigenvalue weighted by atomic mass is 19.2. The van der Waals surface area contributed by atoms with Crippen LogP contribution in [0.5, 0.6) is 0 Å². The summed E-state index contributed by atoms with van der Waals surface area (Å²) in [5.41, 5.74) is 12.6. The molecule has 6 heterocycles. The number of nitrogens with zero attached hydrogens (tertiary/aromatic N) is 4. The maximum Gasteiger partial charge on any atom is 0.579 e. The first kappa shape index (κ1) is 34.6. The summed E-state index contributed by atoms with van der Waals surface area (Å²) in [7, 11) is 0. The molecule has 0 saturated carbocycles. The summed E-state index contributed by atoms with van der Waals surface area (Å²) in [5, 5.41) is 0. The van der Waals surface area contributed by atoms with Gasteiger partial charge in [-0.15, -0.1) is 0 Å². The Hall–Kier alpha value is -2.44. The molecule has 8 heteroatoms. The van der Waals surface area contributed by atoms with Gasteiger partial charge in [-0.25, -0.2) is 0 Å². The van der Waals surface area contributed by atoms with E-state index in [1.165, 1.54) is 62.7 Å². The Morgan fingerprint density at radius 3 is 1.54 bits per heavy atom. The molecule has 5 saturated heterocycles. The molecule has 0 unspecified atom stereocenters. The summed E-state index contributed by atoms with van der Waals surface area (Å²) in [5.74, 6) is 0. The molecule has 5 fully saturated rings. The number of benzene rings is 2. The van der Waals surface area contributed by atoms with Gasteiger partial charge in [0.05, 0.1) is 5.70 Å². The van der Waals surface area contributed by atoms with Crippen molar-refractivity contribution in [1.82, 2.24) is 9.80 Å². The molecule has 0 N–H and O–H groups in total. The van der Waals surface area contributed by atoms with Crippen LogP contribution in [0.15, 0.2) is 35.6 Å². The Kier molecular flexibility index (Phi) is 8.73. The van der Waals surface area contributed by atoms with Crippen LogP contribution in [-0.4, -0.2) is 95.2 Å². The van der Waals surface area contributed by atoms with E-state index in [9.17, 15) is 0 Å². The SMILES string of the molecule is Cc1cc(C)c([B-]2(c3c(C)cc(C)cc3C)C(N3CCCCC3)=C3[C@](N4CCCCC4)(C2=[N+]2CCCCC2)[B-](F)(F)[N+]32CCCCC2)c(C)c1. The van der Waals surface area contributed by atoms with Gasteiger partial charge >= 0.3 is 6.84 Å². The highest BCUT2D eigenvalue weighted by Gasteiger charge is 2.88. The molecule has 0 radical (unpaired) electrons. The zero-order valence-electron chi connectivity index (χ0n) is 32.2. The normalized spacial score (nSPS) is 27.9. The fraction of sp³-hybridized carbons (Fsp3) is 0.643. The monoisotopic (exact) mass is 683 g/mol. The van der Waals surface area contributed by atoms with Crippen LogP contribution in [0, 0.1) is 41.5 Å². The molecule has 8 rings (SSSR count). The van der Waals surface area contributed by atoms with Crippen LogP contribution >= 0.6 is 0 Å². The molecule has 0 aromatic heterocycles. The molecule has 0 bridgehead atoms. The zero-order valence-corrected chi connectivity index (χ0v) is 32.2. The fourth-order valence-corrected chi connectivity index (χ4v) is 13.4. The largest absolute Gasteiger partial charge is 0.579 e. The molecule has 6 aliphatic heterocycles. The van der Waals surface area contributed by atoms with Crippen LogP contribution in [0.25, 0.3) is 0 Å². The van der Waals surface area contributed by atoms with Crippen LogP contribution < -0.4 is 10.9 Å². The smallest absolute Gasteiger partial charge is 0.427 e. The van der Waals surface area contributed by atoms with Crippen molar-refractivity contribution in [2.75, 3.05) is 52.4 Å². The number of likely N-dealkylation sites (tertiary alicyclic amines) is 2. The molecule has 1 atom stereocenters. The maximum absolute atomic E-state index is 19.0. The number of rotatable bonds is 4. The lowest BCUT2D eigenvalue weighted by Gasteiger charge is -2.74. The van der Waals surface area contributed by atoms with E-state index in [-0.39, 0.29) is 4.39 Å². The van der Waals surface area contributed by atoms with Crippen LogP contribution in [0.3, 0.4) is 0 Å². The molecule has 0 aliphatic carbocycles. The van der Waals surface area contributed by atoms with Crippen molar-refractivity contribution in [2.24, 2.45) is 0 Å². The average Bonchev–Trinajstić information content (AvgIpc) is 3.37. The van der Waals surface area contributed by atoms with Crippen LogP contribution in [0.4, 0.5) is 8.63 Å². The van der Waals surface area contributed by atoms with Gasteiger partial charge in [0, 0.05) is 44.6 Å². The Balaban J connectivity index is 1.65. The molecule has 1 spiro atoms. The fourth-order valence-electron chi connectivity index (χ4n) is 13.4. The topological polar surface area (TPSA) is 9.49 Å². The van der Waals surface area contributed by atoms with Crippen molar-refractivity contribution in [2.45, 2.75) is 124 Å². The van der Waals surface area contributed by atoms with Gasteiger partial charge in [0.1, 0.15) is 18.5 Å². The van der Waals surface area contributed by atoms with Crippen molar-refractivity contribution in [3.63, 3.8) is 0 Å². The van der Waals surface area contributed by atoms with Crippen molar-refractivity contribution in [3.05, 3.63) is 68.9 Å². The van der Waals surface area contributed by atoms with Crippen molar-refractivity contribution in [3.8, 4) is 0 Å². The van der Waals surface area contributed by atoms with E-state index >= 15 is 8.63 Å². The lowest BCUT2D eigenvalue weighted by Crippen LogP contribution is -2.94. The lowest BCUT2D eigenvalue weighted by molar-refractivity contribution is -0.843. The lowest BCUT2D eigenvalue weighted by atomic mass is 9.12. The van der Waals surface area contributed by atoms with Crippen LogP contribution in [-0.2, 0) is 0 Å². The average molecular weight is 683 g/mol. The quantitative estimate of drug-likeness (QED) is 0.250. The third-order valence-corrected chi connectivity index (χ3v) is 14.6. The molecule has 270 valence electrons. The minimum absolute atomic E-state index is 0.0446. The third kappa shape index (κ3) is 4.51. The zero-order chi connectivity index (χ0) is 35.1. The summed E-state index contributed by atoms with van der Waals surface area (Å²) in [4.78, 5) is 5.14. The van der Waals surface area contributed by atoms with E-state index in [1.54, 1.807) is 0 Å². The van der Waals surface area contributed by atoms with Gasteiger partial charge in [0.15, 0.2) is 6.15 Å². The van der Waals surface area contributed by atoms with Gasteiger partial charge in [-0.05, 0) is 112 Å². The minimum atomic E-state index is -3.87. The first-order valence-corrected chi connectivity index (χ1v) is 20.6. The summed E-state index contributed by atoms with van der Waals surface area (Å²) >= 11 is 0. The second-order valence-electron chi connectivity index (χ2n) is 17.7. The Morgan fingerprint density at radius 2 is 1.04 bits per heavy atom. The summed E-state index contributed by atoms with van der Waals surface area (Å²) < 4.78 is 40.6. The van der Waals surface area contributed by atoms with E-state index < -0.39 is 18.4 Å². The minimum Gasteiger partial charge on any atom is -0.427 e. The number of halogens is 2. The van der Waals surface area contributed by atoms with E-state index in [1.807, 2.05) is 0 Å². The standard InChI is InChI=1S/C42H62B2F2N4/c1-31-27-33(3)37(34(4)28-31)43(38-35(5)29-32(2)30-36(38)6)40(47-19-11-7-12-20-47)39-42(49-23-15-9-16-24-49,41(43)48-21-13-8-14-22-48)44(45,46)50(39)25-17-10-18-26-50/h27-30H,7-26H2,1-6H3/t42-/m0/s1. The first-order chi connectivity index (χ1) is 24.0. The number of hydrogen-bond donors (Lipinski definition) is 0. The van der Waals surface area contributed by atoms with Crippen molar-refractivity contribution in [1.29, 1.82) is 0 Å². The van der Waals surface area contributed by atoms with Crippen molar-refractivity contribution >= 4 is 29.5 Å². The molecule has 50 heavy (non-hydrogen) atoms. The molecule has 6 aliphatic rings. The molecular weight excluding hydrogens is 620 g/mol. The van der Waals surface area contributed by atoms with E-state index in [4.69, 9.17) is 0 Å². The van der Waals surface area contributed by atoms with Gasteiger partial charge in [-0.2, -0.15) is 10.9 Å². The molecule has 2 aromatic carbocycles. The number of aryl methyl sites for hydroxylation is 6. The Labute approximate surface area is 301 Å². The third-order valence-electron chi connectivity index (χ3n) is 14.6. The predicted molar refractivity (Wildman–Crippen MR) is 208 cm³/mol. The summed E-state index contributed by atoms with van der Waals surface area (Å²) in [6.45, 7) is 16.2. The van der Waals surface area contributed by atoms with Crippen LogP contribution in [0.2, 0.25) is 0 Å². The number of piperidine rings is 4. The van der Waals surface area contributed by atoms with E-state index in [0.29, 0.717) is 13.1 Å². The summed E-state index contributed by atoms with van der Waals surface area (Å²) in [6.07, 6.45) is 10.9. The molecule has 2 aromatic rings. The predicted octanol–water partition coefficient (Wildman–Crippen LogP) is 7.18. The van der Waals surface area contributed by atoms with Gasteiger partial charge in [0.25, 0.3) is 0 Å². The van der Waals surface area contributed by atoms with Gasteiger partial charge in [-0.1, -0.05) is 69.7 Å². The second kappa shape index (κ2) is 12.6. The van der Waals surface area contributed by atoms with Gasteiger partial charge < -0.3 is 22.8 Å². The first-order valence-electron chi connectivity index (χ1n) is 20.6. The van der Waals surface area contributed by atoms with Crippen LogP contribution in [0.1, 0.15) is 110 Å². The second-order valence-corrected chi connectivity index (χ2v) is 17.7. The highest BCUT2D eigenvalue weighted by Crippen LogP contribution is 2.66. The summed E-state index contributed by atoms with van der Waals surface area (Å²) in [6, 6.07) is 9.50. The van der Waals surface area contributed by atoms with E-state index in [0.717, 1.165) is 115 Å². The number of quaternary nitrogens is 1. The molecule has 0 amide bonds. The highest BCUT2D eigenvalue weighted by molar-refractivity contribution is 7.30. The van der Waals surface area contributed by atoms with Crippen molar-refractivity contribution < 1.29 is 17.6 Å². The number of fused-ring (bicyclic) bond motifs is 2. The van der Waals surface area contributed by atoms with Gasteiger partial charge in [0.2, 0.25) is 0 Å². The maximum atomic E-state index is 19.0. The molecular formula is C42H62B2F2N4. The molecule has 4 nitrogen and oxygen atoms in total. The number of hydrogen-bond acceptors (Lipinski definition) is 2. The van der Waals surface area contributed by atoms with Gasteiger partial charge in [-0.3, -0.25) is 4.58 Å². The van der Waals surface area contributed by atoms with E-state index in [2.05, 4.69) is 80.2 Å². The Morgan fingerprint density at radius 1 is 0.600 bits per heavy atom. The Bertz CT molecular complexity index is 1630.